The normalized spacial score (nSPS) is 11.2. The number of hydrogen-bond acceptors (Lipinski definition) is 4. The van der Waals surface area contributed by atoms with Crippen molar-refractivity contribution in [2.24, 2.45) is 5.73 Å². The molecule has 0 bridgehead atoms. The summed E-state index contributed by atoms with van der Waals surface area (Å²) in [5.41, 5.74) is 9.88. The molecule has 1 unspecified atom stereocenters. The highest BCUT2D eigenvalue weighted by Crippen LogP contribution is 2.28. The Morgan fingerprint density at radius 1 is 1.00 bits per heavy atom. The van der Waals surface area contributed by atoms with Crippen LogP contribution in [0.1, 0.15) is 40.9 Å². The topological polar surface area (TPSA) is 157 Å². The molecule has 0 saturated heterocycles. The first kappa shape index (κ1) is 26.0. The van der Waals surface area contributed by atoms with Gasteiger partial charge in [-0.3, -0.25) is 19.8 Å². The quantitative estimate of drug-likeness (QED) is 0.190. The van der Waals surface area contributed by atoms with E-state index in [9.17, 15) is 19.5 Å². The van der Waals surface area contributed by atoms with Gasteiger partial charge in [-0.15, -0.1) is 0 Å². The van der Waals surface area contributed by atoms with E-state index in [1.54, 1.807) is 18.2 Å². The van der Waals surface area contributed by atoms with Gasteiger partial charge in [0, 0.05) is 11.3 Å². The minimum atomic E-state index is -1.05. The van der Waals surface area contributed by atoms with Gasteiger partial charge in [-0.25, -0.2) is 0 Å². The molecular weight excluding hydrogens is 458 g/mol. The lowest BCUT2D eigenvalue weighted by Crippen LogP contribution is -2.39. The maximum Gasteiger partial charge on any atom is 0.305 e. The number of hydrogen-bond donors (Lipinski definition) is 6. The fraction of sp³-hybridized carbons (Fsp3) is 0.185. The molecule has 0 spiro atoms. The lowest BCUT2D eigenvalue weighted by molar-refractivity contribution is -0.137. The van der Waals surface area contributed by atoms with Gasteiger partial charge in [-0.05, 0) is 46.9 Å². The largest absolute Gasteiger partial charge is 0.481 e. The average Bonchev–Trinajstić information content (AvgIpc) is 2.86. The number of nitrogens with one attached hydrogen (secondary N) is 4. The van der Waals surface area contributed by atoms with Crippen LogP contribution in [-0.2, 0) is 16.0 Å². The van der Waals surface area contributed by atoms with E-state index in [1.807, 2.05) is 55.5 Å². The van der Waals surface area contributed by atoms with Crippen LogP contribution in [0, 0.1) is 5.41 Å². The molecule has 2 amide bonds. The van der Waals surface area contributed by atoms with E-state index in [1.165, 1.54) is 6.07 Å². The molecule has 0 aliphatic heterocycles. The number of amides is 2. The third-order valence-electron chi connectivity index (χ3n) is 5.52. The first-order valence-electron chi connectivity index (χ1n) is 11.5. The lowest BCUT2D eigenvalue weighted by atomic mass is 9.93. The Bertz CT molecular complexity index is 1260. The number of benzene rings is 3. The Morgan fingerprint density at radius 3 is 2.42 bits per heavy atom. The van der Waals surface area contributed by atoms with Crippen LogP contribution in [0.2, 0.25) is 0 Å². The smallest absolute Gasteiger partial charge is 0.305 e. The van der Waals surface area contributed by atoms with Crippen molar-refractivity contribution in [2.75, 3.05) is 11.9 Å². The molecule has 0 heterocycles. The number of carboxylic acid groups (broad SMARTS) is 1. The van der Waals surface area contributed by atoms with Crippen LogP contribution in [-0.4, -0.2) is 35.4 Å². The number of nitrogens with two attached hydrogens (primary N) is 1. The Morgan fingerprint density at radius 2 is 1.75 bits per heavy atom. The van der Waals surface area contributed by atoms with Gasteiger partial charge in [-0.2, -0.15) is 0 Å². The SMILES string of the molecule is CCc1cc(C(CC(=O)O)NC(=O)CNC(=O)c2cccc(NC(=N)N)c2)ccc1-c1ccccc1. The Hall–Kier alpha value is -4.66. The number of carbonyl (C=O) groups is 3. The molecule has 0 aliphatic carbocycles. The lowest BCUT2D eigenvalue weighted by Gasteiger charge is -2.20. The number of carbonyl (C=O) groups excluding carboxylic acids is 2. The van der Waals surface area contributed by atoms with Crippen molar-refractivity contribution in [1.82, 2.24) is 10.6 Å². The summed E-state index contributed by atoms with van der Waals surface area (Å²) in [6, 6.07) is 21.1. The molecule has 0 aliphatic rings. The van der Waals surface area contributed by atoms with Crippen molar-refractivity contribution in [3.8, 4) is 11.1 Å². The van der Waals surface area contributed by atoms with E-state index in [2.05, 4.69) is 16.0 Å². The number of guanidine groups is 1. The second-order valence-corrected chi connectivity index (χ2v) is 8.16. The molecule has 9 nitrogen and oxygen atoms in total. The maximum absolute atomic E-state index is 12.6. The molecule has 3 rings (SSSR count). The second-order valence-electron chi connectivity index (χ2n) is 8.16. The van der Waals surface area contributed by atoms with Crippen LogP contribution >= 0.6 is 0 Å². The summed E-state index contributed by atoms with van der Waals surface area (Å²) >= 11 is 0. The molecule has 0 saturated carbocycles. The van der Waals surface area contributed by atoms with Crippen molar-refractivity contribution in [1.29, 1.82) is 5.41 Å². The zero-order chi connectivity index (χ0) is 26.1. The number of aryl methyl sites for hydroxylation is 1. The highest BCUT2D eigenvalue weighted by molar-refractivity contribution is 5.98. The van der Waals surface area contributed by atoms with E-state index in [-0.39, 0.29) is 24.5 Å². The highest BCUT2D eigenvalue weighted by atomic mass is 16.4. The summed E-state index contributed by atoms with van der Waals surface area (Å²) in [5.74, 6) is -2.32. The van der Waals surface area contributed by atoms with Crippen molar-refractivity contribution in [3.05, 3.63) is 89.5 Å². The molecule has 0 fully saturated rings. The van der Waals surface area contributed by atoms with E-state index in [0.29, 0.717) is 11.3 Å². The summed E-state index contributed by atoms with van der Waals surface area (Å²) in [5, 5.41) is 24.6. The van der Waals surface area contributed by atoms with Crippen LogP contribution in [0.4, 0.5) is 5.69 Å². The third kappa shape index (κ3) is 7.17. The average molecular weight is 488 g/mol. The number of aliphatic carboxylic acids is 1. The number of carboxylic acids is 1. The predicted molar refractivity (Wildman–Crippen MR) is 139 cm³/mol. The summed E-state index contributed by atoms with van der Waals surface area (Å²) in [6.07, 6.45) is 0.436. The van der Waals surface area contributed by atoms with E-state index < -0.39 is 23.8 Å². The molecule has 9 heteroatoms. The van der Waals surface area contributed by atoms with Crippen molar-refractivity contribution < 1.29 is 19.5 Å². The van der Waals surface area contributed by atoms with Crippen LogP contribution in [0.3, 0.4) is 0 Å². The third-order valence-corrected chi connectivity index (χ3v) is 5.52. The van der Waals surface area contributed by atoms with Crippen LogP contribution in [0.25, 0.3) is 11.1 Å². The molecular formula is C27H29N5O4. The van der Waals surface area contributed by atoms with Gasteiger partial charge >= 0.3 is 5.97 Å². The zero-order valence-electron chi connectivity index (χ0n) is 19.9. The summed E-state index contributed by atoms with van der Waals surface area (Å²) in [6.45, 7) is 1.69. The summed E-state index contributed by atoms with van der Waals surface area (Å²) in [7, 11) is 0. The van der Waals surface area contributed by atoms with Crippen LogP contribution < -0.4 is 21.7 Å². The number of rotatable bonds is 10. The van der Waals surface area contributed by atoms with E-state index in [0.717, 1.165) is 23.1 Å². The Labute approximate surface area is 209 Å². The second kappa shape index (κ2) is 12.2. The van der Waals surface area contributed by atoms with Crippen LogP contribution in [0.15, 0.2) is 72.8 Å². The van der Waals surface area contributed by atoms with Gasteiger partial charge < -0.3 is 26.8 Å². The monoisotopic (exact) mass is 487 g/mol. The summed E-state index contributed by atoms with van der Waals surface area (Å²) < 4.78 is 0. The zero-order valence-corrected chi connectivity index (χ0v) is 19.9. The Kier molecular flexibility index (Phi) is 8.77. The van der Waals surface area contributed by atoms with E-state index in [4.69, 9.17) is 11.1 Å². The molecule has 3 aromatic carbocycles. The Balaban J connectivity index is 1.70. The van der Waals surface area contributed by atoms with E-state index >= 15 is 0 Å². The van der Waals surface area contributed by atoms with Gasteiger partial charge in [0.1, 0.15) is 0 Å². The maximum atomic E-state index is 12.6. The van der Waals surface area contributed by atoms with Gasteiger partial charge in [0.15, 0.2) is 5.96 Å². The fourth-order valence-electron chi connectivity index (χ4n) is 3.85. The standard InChI is InChI=1S/C27H29N5O4/c1-2-17-13-19(11-12-22(17)18-7-4-3-5-8-18)23(15-25(34)35)32-24(33)16-30-26(36)20-9-6-10-21(14-20)31-27(28)29/h3-14,23H,2,15-16H2,1H3,(H,30,36)(H,32,33)(H,34,35)(H4,28,29,31). The van der Waals surface area contributed by atoms with Gasteiger partial charge in [0.2, 0.25) is 5.91 Å². The van der Waals surface area contributed by atoms with Crippen molar-refractivity contribution >= 4 is 29.4 Å². The minimum Gasteiger partial charge on any atom is -0.481 e. The molecule has 7 N–H and O–H groups in total. The van der Waals surface area contributed by atoms with Crippen molar-refractivity contribution in [3.63, 3.8) is 0 Å². The molecule has 0 radical (unpaired) electrons. The number of anilines is 1. The molecule has 1 atom stereocenters. The van der Waals surface area contributed by atoms with Crippen LogP contribution in [0.5, 0.6) is 0 Å². The van der Waals surface area contributed by atoms with Crippen molar-refractivity contribution in [2.45, 2.75) is 25.8 Å². The predicted octanol–water partition coefficient (Wildman–Crippen LogP) is 3.28. The van der Waals surface area contributed by atoms with Gasteiger partial charge in [0.25, 0.3) is 5.91 Å². The minimum absolute atomic E-state index is 0.264. The highest BCUT2D eigenvalue weighted by Gasteiger charge is 2.20. The molecule has 36 heavy (non-hydrogen) atoms. The van der Waals surface area contributed by atoms with Gasteiger partial charge in [-0.1, -0.05) is 61.5 Å². The molecule has 0 aromatic heterocycles. The first-order chi connectivity index (χ1) is 17.3. The fourth-order valence-corrected chi connectivity index (χ4v) is 3.85. The molecule has 186 valence electrons. The van der Waals surface area contributed by atoms with Gasteiger partial charge in [0.05, 0.1) is 19.0 Å². The molecule has 3 aromatic rings. The summed E-state index contributed by atoms with van der Waals surface area (Å²) in [4.78, 5) is 36.6. The first-order valence-corrected chi connectivity index (χ1v) is 11.5.